The topological polar surface area (TPSA) is 92.4 Å². The lowest BCUT2D eigenvalue weighted by molar-refractivity contribution is -0.138. The van der Waals surface area contributed by atoms with E-state index in [1.54, 1.807) is 0 Å². The third-order valence-electron chi connectivity index (χ3n) is 3.23. The molecule has 0 bridgehead atoms. The van der Waals surface area contributed by atoms with Crippen LogP contribution in [0, 0.1) is 5.92 Å². The summed E-state index contributed by atoms with van der Waals surface area (Å²) in [6, 6.07) is -0.597. The molecule has 104 valence electrons. The number of carboxylic acid groups (broad SMARTS) is 1. The Morgan fingerprint density at radius 3 is 2.56 bits per heavy atom. The average Bonchev–Trinajstić information content (AvgIpc) is 2.32. The number of amides is 1. The summed E-state index contributed by atoms with van der Waals surface area (Å²) in [6.45, 7) is 2.24. The minimum Gasteiger partial charge on any atom is -0.480 e. The predicted octanol–water partition coefficient (Wildman–Crippen LogP) is 0.826. The van der Waals surface area contributed by atoms with Gasteiger partial charge in [0.2, 0.25) is 5.91 Å². The first-order valence-electron chi connectivity index (χ1n) is 6.34. The number of hydrogen-bond acceptors (Lipinski definition) is 4. The molecule has 0 aromatic carbocycles. The van der Waals surface area contributed by atoms with Gasteiger partial charge in [0.15, 0.2) is 0 Å². The Kier molecular flexibility index (Phi) is 6.49. The zero-order valence-electron chi connectivity index (χ0n) is 10.7. The van der Waals surface area contributed by atoms with Crippen LogP contribution in [0.15, 0.2) is 0 Å². The highest BCUT2D eigenvalue weighted by Gasteiger charge is 2.20. The fraction of sp³-hybridized carbons (Fsp3) is 0.833. The fourth-order valence-electron chi connectivity index (χ4n) is 2.02. The Labute approximate surface area is 112 Å². The van der Waals surface area contributed by atoms with Crippen molar-refractivity contribution in [1.82, 2.24) is 5.32 Å². The largest absolute Gasteiger partial charge is 0.480 e. The van der Waals surface area contributed by atoms with Crippen LogP contribution in [0.4, 0.5) is 0 Å². The van der Waals surface area contributed by atoms with Gasteiger partial charge in [-0.15, -0.1) is 11.8 Å². The van der Waals surface area contributed by atoms with Crippen LogP contribution in [-0.4, -0.2) is 40.6 Å². The number of carbonyl (C=O) groups excluding carboxylic acids is 1. The first-order chi connectivity index (χ1) is 8.49. The van der Waals surface area contributed by atoms with Crippen molar-refractivity contribution in [2.45, 2.75) is 44.7 Å². The molecular weight excluding hydrogens is 252 g/mol. The molecule has 1 rings (SSSR count). The summed E-state index contributed by atoms with van der Waals surface area (Å²) in [6.07, 6.45) is 4.43. The Morgan fingerprint density at radius 2 is 2.00 bits per heavy atom. The first-order valence-corrected chi connectivity index (χ1v) is 7.50. The molecule has 0 unspecified atom stereocenters. The van der Waals surface area contributed by atoms with Crippen LogP contribution >= 0.6 is 11.8 Å². The number of nitrogens with two attached hydrogens (primary N) is 1. The van der Waals surface area contributed by atoms with Gasteiger partial charge < -0.3 is 16.2 Å². The van der Waals surface area contributed by atoms with E-state index in [2.05, 4.69) is 12.2 Å². The number of carboxylic acids is 1. The number of carbonyl (C=O) groups is 2. The van der Waals surface area contributed by atoms with Crippen LogP contribution in [-0.2, 0) is 9.59 Å². The summed E-state index contributed by atoms with van der Waals surface area (Å²) >= 11 is 1.27. The van der Waals surface area contributed by atoms with Gasteiger partial charge in [0, 0.05) is 11.8 Å². The number of nitrogens with one attached hydrogen (secondary N) is 1. The van der Waals surface area contributed by atoms with Gasteiger partial charge in [0.05, 0.1) is 5.75 Å². The van der Waals surface area contributed by atoms with Gasteiger partial charge in [0.25, 0.3) is 0 Å². The second-order valence-corrected chi connectivity index (χ2v) is 6.01. The molecular formula is C12H22N2O3S. The number of hydrogen-bond donors (Lipinski definition) is 3. The van der Waals surface area contributed by atoms with Gasteiger partial charge in [-0.05, 0) is 31.6 Å². The summed E-state index contributed by atoms with van der Waals surface area (Å²) in [4.78, 5) is 22.1. The molecule has 18 heavy (non-hydrogen) atoms. The van der Waals surface area contributed by atoms with E-state index >= 15 is 0 Å². The number of rotatable bonds is 6. The molecule has 1 aliphatic carbocycles. The molecule has 0 heterocycles. The highest BCUT2D eigenvalue weighted by Crippen LogP contribution is 2.23. The molecule has 1 atom stereocenters. The van der Waals surface area contributed by atoms with Gasteiger partial charge in [-0.1, -0.05) is 6.92 Å². The SMILES string of the molecule is CC1CCC(NC(=O)CSC[C@H](N)C(=O)O)CC1. The summed E-state index contributed by atoms with van der Waals surface area (Å²) in [5, 5.41) is 11.6. The van der Waals surface area contributed by atoms with Crippen LogP contribution in [0.25, 0.3) is 0 Å². The maximum atomic E-state index is 11.6. The fourth-order valence-corrected chi connectivity index (χ4v) is 2.81. The monoisotopic (exact) mass is 274 g/mol. The van der Waals surface area contributed by atoms with E-state index < -0.39 is 12.0 Å². The van der Waals surface area contributed by atoms with E-state index in [0.29, 0.717) is 6.04 Å². The lowest BCUT2D eigenvalue weighted by atomic mass is 9.87. The Bertz CT molecular complexity index is 291. The van der Waals surface area contributed by atoms with Gasteiger partial charge in [0.1, 0.15) is 6.04 Å². The molecule has 0 spiro atoms. The van der Waals surface area contributed by atoms with Crippen molar-refractivity contribution in [3.05, 3.63) is 0 Å². The molecule has 0 aromatic rings. The van der Waals surface area contributed by atoms with E-state index in [9.17, 15) is 9.59 Å². The predicted molar refractivity (Wildman–Crippen MR) is 72.5 cm³/mol. The van der Waals surface area contributed by atoms with E-state index in [0.717, 1.165) is 18.8 Å². The van der Waals surface area contributed by atoms with E-state index in [4.69, 9.17) is 10.8 Å². The molecule has 1 aliphatic rings. The summed E-state index contributed by atoms with van der Waals surface area (Å²) in [5.41, 5.74) is 5.35. The summed E-state index contributed by atoms with van der Waals surface area (Å²) < 4.78 is 0. The average molecular weight is 274 g/mol. The maximum absolute atomic E-state index is 11.6. The van der Waals surface area contributed by atoms with Crippen LogP contribution in [0.3, 0.4) is 0 Å². The Hall–Kier alpha value is -0.750. The standard InChI is InChI=1S/C12H22N2O3S/c1-8-2-4-9(5-3-8)14-11(15)7-18-6-10(13)12(16)17/h8-10H,2-7,13H2,1H3,(H,14,15)(H,16,17)/t8?,9?,10-/m0/s1. The smallest absolute Gasteiger partial charge is 0.321 e. The third-order valence-corrected chi connectivity index (χ3v) is 4.29. The third kappa shape index (κ3) is 5.73. The van der Waals surface area contributed by atoms with Gasteiger partial charge in [-0.2, -0.15) is 0 Å². The van der Waals surface area contributed by atoms with Crippen molar-refractivity contribution in [2.24, 2.45) is 11.7 Å². The van der Waals surface area contributed by atoms with Crippen LogP contribution in [0.5, 0.6) is 0 Å². The maximum Gasteiger partial charge on any atom is 0.321 e. The van der Waals surface area contributed by atoms with E-state index in [-0.39, 0.29) is 17.4 Å². The molecule has 1 saturated carbocycles. The lowest BCUT2D eigenvalue weighted by Gasteiger charge is -2.26. The zero-order chi connectivity index (χ0) is 13.5. The summed E-state index contributed by atoms with van der Waals surface area (Å²) in [7, 11) is 0. The molecule has 6 heteroatoms. The highest BCUT2D eigenvalue weighted by atomic mass is 32.2. The van der Waals surface area contributed by atoms with Crippen molar-refractivity contribution >= 4 is 23.6 Å². The second-order valence-electron chi connectivity index (χ2n) is 4.98. The molecule has 0 aromatic heterocycles. The lowest BCUT2D eigenvalue weighted by Crippen LogP contribution is -2.39. The first kappa shape index (κ1) is 15.3. The van der Waals surface area contributed by atoms with E-state index in [1.807, 2.05) is 0 Å². The normalized spacial score (nSPS) is 25.4. The van der Waals surface area contributed by atoms with Gasteiger partial charge in [-0.3, -0.25) is 9.59 Å². The number of thioether (sulfide) groups is 1. The highest BCUT2D eigenvalue weighted by molar-refractivity contribution is 8.00. The summed E-state index contributed by atoms with van der Waals surface area (Å²) in [5.74, 6) is 0.278. The van der Waals surface area contributed by atoms with Crippen molar-refractivity contribution < 1.29 is 14.7 Å². The molecule has 0 saturated heterocycles. The molecule has 4 N–H and O–H groups in total. The zero-order valence-corrected chi connectivity index (χ0v) is 11.5. The quantitative estimate of drug-likeness (QED) is 0.667. The number of aliphatic carboxylic acids is 1. The van der Waals surface area contributed by atoms with Gasteiger partial charge in [-0.25, -0.2) is 0 Å². The van der Waals surface area contributed by atoms with E-state index in [1.165, 1.54) is 24.6 Å². The molecule has 1 fully saturated rings. The van der Waals surface area contributed by atoms with Crippen molar-refractivity contribution in [1.29, 1.82) is 0 Å². The Morgan fingerprint density at radius 1 is 1.39 bits per heavy atom. The van der Waals surface area contributed by atoms with Crippen molar-refractivity contribution in [3.63, 3.8) is 0 Å². The molecule has 0 aliphatic heterocycles. The molecule has 5 nitrogen and oxygen atoms in total. The van der Waals surface area contributed by atoms with Gasteiger partial charge >= 0.3 is 5.97 Å². The van der Waals surface area contributed by atoms with Crippen LogP contribution < -0.4 is 11.1 Å². The van der Waals surface area contributed by atoms with Crippen molar-refractivity contribution in [3.8, 4) is 0 Å². The van der Waals surface area contributed by atoms with Crippen LogP contribution in [0.1, 0.15) is 32.6 Å². The molecule has 1 amide bonds. The molecule has 0 radical (unpaired) electrons. The van der Waals surface area contributed by atoms with Crippen LogP contribution in [0.2, 0.25) is 0 Å². The van der Waals surface area contributed by atoms with Crippen molar-refractivity contribution in [2.75, 3.05) is 11.5 Å². The Balaban J connectivity index is 2.12. The minimum absolute atomic E-state index is 0.0165. The minimum atomic E-state index is -1.02. The second kappa shape index (κ2) is 7.63.